The van der Waals surface area contributed by atoms with Crippen molar-refractivity contribution in [3.05, 3.63) is 48.6 Å². The lowest BCUT2D eigenvalue weighted by Crippen LogP contribution is -2.30. The summed E-state index contributed by atoms with van der Waals surface area (Å²) in [6.45, 7) is 6.48. The Morgan fingerprint density at radius 3 is 1.07 bits per heavy atom. The summed E-state index contributed by atoms with van der Waals surface area (Å²) in [7, 11) is 0. The fraction of sp³-hybridized carbons (Fsp3) is 0.784. The van der Waals surface area contributed by atoms with Crippen LogP contribution in [-0.4, -0.2) is 37.2 Å². The van der Waals surface area contributed by atoms with Crippen LogP contribution in [0.5, 0.6) is 0 Å². The molecule has 0 fully saturated rings. The topological polar surface area (TPSA) is 78.9 Å². The van der Waals surface area contributed by atoms with Crippen LogP contribution in [0.25, 0.3) is 0 Å². The largest absolute Gasteiger partial charge is 0.462 e. The highest BCUT2D eigenvalue weighted by Gasteiger charge is 2.19. The first kappa shape index (κ1) is 54.4. The molecule has 1 unspecified atom stereocenters. The van der Waals surface area contributed by atoms with E-state index >= 15 is 0 Å². The maximum atomic E-state index is 12.7. The summed E-state index contributed by atoms with van der Waals surface area (Å²) in [5.74, 6) is -0.897. The van der Waals surface area contributed by atoms with Crippen LogP contribution in [0, 0.1) is 0 Å². The smallest absolute Gasteiger partial charge is 0.306 e. The predicted molar refractivity (Wildman–Crippen MR) is 242 cm³/mol. The van der Waals surface area contributed by atoms with Gasteiger partial charge in [-0.05, 0) is 38.5 Å². The van der Waals surface area contributed by atoms with Crippen LogP contribution in [0.4, 0.5) is 0 Å². The van der Waals surface area contributed by atoms with Gasteiger partial charge < -0.3 is 14.2 Å². The molecule has 0 aliphatic heterocycles. The van der Waals surface area contributed by atoms with Crippen molar-refractivity contribution in [3.63, 3.8) is 0 Å². The average molecular weight is 799 g/mol. The number of unbranched alkanes of at least 4 members (excludes halogenated alkanes) is 27. The maximum absolute atomic E-state index is 12.7. The van der Waals surface area contributed by atoms with E-state index < -0.39 is 6.10 Å². The van der Waals surface area contributed by atoms with Crippen molar-refractivity contribution in [3.8, 4) is 0 Å². The lowest BCUT2D eigenvalue weighted by molar-refractivity contribution is -0.167. The molecule has 0 bridgehead atoms. The fourth-order valence-electron chi connectivity index (χ4n) is 6.81. The maximum Gasteiger partial charge on any atom is 0.306 e. The Labute approximate surface area is 352 Å². The van der Waals surface area contributed by atoms with Crippen molar-refractivity contribution in [2.24, 2.45) is 0 Å². The molecule has 0 aromatic carbocycles. The van der Waals surface area contributed by atoms with Crippen LogP contribution in [0.1, 0.15) is 239 Å². The van der Waals surface area contributed by atoms with Crippen LogP contribution in [0.15, 0.2) is 48.6 Å². The molecule has 330 valence electrons. The molecule has 0 saturated heterocycles. The zero-order chi connectivity index (χ0) is 41.5. The normalized spacial score (nSPS) is 12.4. The summed E-state index contributed by atoms with van der Waals surface area (Å²) in [5.41, 5.74) is 0. The molecule has 0 rings (SSSR count). The van der Waals surface area contributed by atoms with Crippen molar-refractivity contribution in [2.45, 2.75) is 245 Å². The molecule has 0 heterocycles. The Kier molecular flexibility index (Phi) is 43.9. The minimum absolute atomic E-state index is 0.0776. The third-order valence-electron chi connectivity index (χ3n) is 10.4. The number of hydrogen-bond acceptors (Lipinski definition) is 6. The zero-order valence-corrected chi connectivity index (χ0v) is 37.6. The van der Waals surface area contributed by atoms with Crippen LogP contribution in [-0.2, 0) is 28.6 Å². The molecule has 0 aromatic rings. The third-order valence-corrected chi connectivity index (χ3v) is 10.4. The summed E-state index contributed by atoms with van der Waals surface area (Å²) in [5, 5.41) is 0. The first-order valence-corrected chi connectivity index (χ1v) is 24.2. The molecule has 6 heteroatoms. The van der Waals surface area contributed by atoms with Crippen molar-refractivity contribution in [1.29, 1.82) is 0 Å². The molecule has 0 spiro atoms. The average Bonchev–Trinajstić information content (AvgIpc) is 3.21. The van der Waals surface area contributed by atoms with Crippen LogP contribution in [0.2, 0.25) is 0 Å². The van der Waals surface area contributed by atoms with Crippen molar-refractivity contribution in [2.75, 3.05) is 13.2 Å². The van der Waals surface area contributed by atoms with Gasteiger partial charge in [-0.25, -0.2) is 0 Å². The number of esters is 3. The number of rotatable bonds is 43. The molecule has 0 aliphatic rings. The van der Waals surface area contributed by atoms with Gasteiger partial charge in [-0.3, -0.25) is 14.4 Å². The predicted octanol–water partition coefficient (Wildman–Crippen LogP) is 15.5. The zero-order valence-electron chi connectivity index (χ0n) is 37.6. The second kappa shape index (κ2) is 46.1. The molecule has 0 N–H and O–H groups in total. The van der Waals surface area contributed by atoms with Crippen LogP contribution in [0.3, 0.4) is 0 Å². The quantitative estimate of drug-likeness (QED) is 0.0265. The van der Waals surface area contributed by atoms with E-state index in [9.17, 15) is 14.4 Å². The summed E-state index contributed by atoms with van der Waals surface area (Å²) >= 11 is 0. The molecule has 6 nitrogen and oxygen atoms in total. The second-order valence-electron chi connectivity index (χ2n) is 16.1. The van der Waals surface area contributed by atoms with Gasteiger partial charge in [0.1, 0.15) is 13.2 Å². The highest BCUT2D eigenvalue weighted by molar-refractivity contribution is 5.71. The first-order valence-electron chi connectivity index (χ1n) is 24.2. The number of carbonyl (C=O) groups is 3. The number of carbonyl (C=O) groups excluding carboxylic acids is 3. The molecule has 0 amide bonds. The Morgan fingerprint density at radius 1 is 0.368 bits per heavy atom. The Bertz CT molecular complexity index is 1010. The van der Waals surface area contributed by atoms with Crippen molar-refractivity contribution >= 4 is 17.9 Å². The molecule has 1 atom stereocenters. The van der Waals surface area contributed by atoms with E-state index in [1.807, 2.05) is 18.2 Å². The van der Waals surface area contributed by atoms with Crippen molar-refractivity contribution in [1.82, 2.24) is 0 Å². The van der Waals surface area contributed by atoms with E-state index in [1.54, 1.807) is 0 Å². The SMILES string of the molecule is CC\C=C/C=C\C=C/C=C\CCCCCCCC(=O)OCC(COC(=O)CCCCCCCCCCCCCC)OC(=O)CCCCCCCCCCCCCC. The van der Waals surface area contributed by atoms with Gasteiger partial charge in [-0.2, -0.15) is 0 Å². The van der Waals surface area contributed by atoms with E-state index in [-0.39, 0.29) is 31.1 Å². The Morgan fingerprint density at radius 2 is 0.684 bits per heavy atom. The molecule has 0 aliphatic carbocycles. The molecular weight excluding hydrogens is 709 g/mol. The molecule has 0 radical (unpaired) electrons. The van der Waals surface area contributed by atoms with Gasteiger partial charge in [0, 0.05) is 19.3 Å². The Hall–Kier alpha value is -2.63. The Balaban J connectivity index is 4.40. The first-order chi connectivity index (χ1) is 28.0. The van der Waals surface area contributed by atoms with Gasteiger partial charge in [0.2, 0.25) is 0 Å². The lowest BCUT2D eigenvalue weighted by Gasteiger charge is -2.18. The van der Waals surface area contributed by atoms with Gasteiger partial charge in [0.05, 0.1) is 0 Å². The summed E-state index contributed by atoms with van der Waals surface area (Å²) in [6, 6.07) is 0. The van der Waals surface area contributed by atoms with Gasteiger partial charge in [-0.1, -0.05) is 230 Å². The van der Waals surface area contributed by atoms with E-state index in [4.69, 9.17) is 14.2 Å². The minimum Gasteiger partial charge on any atom is -0.462 e. The van der Waals surface area contributed by atoms with E-state index in [0.717, 1.165) is 83.5 Å². The standard InChI is InChI=1S/C51H90O6/c1-4-7-10-13-16-19-22-25-26-27-30-32-35-38-41-44-50(53)56-47-48(57-51(54)45-42-39-36-33-29-24-21-18-15-12-9-6-3)46-55-49(52)43-40-37-34-31-28-23-20-17-14-11-8-5-2/h7,10,13,16,19,22,25-26,48H,4-6,8-9,11-12,14-15,17-18,20-21,23-24,27-47H2,1-3H3/b10-7-,16-13-,22-19-,26-25-. The van der Waals surface area contributed by atoms with E-state index in [0.29, 0.717) is 19.3 Å². The summed E-state index contributed by atoms with van der Waals surface area (Å²) in [4.78, 5) is 37.8. The molecule has 0 saturated carbocycles. The second-order valence-corrected chi connectivity index (χ2v) is 16.1. The molecular formula is C51H90O6. The highest BCUT2D eigenvalue weighted by atomic mass is 16.6. The number of allylic oxidation sites excluding steroid dienone is 8. The summed E-state index contributed by atoms with van der Waals surface area (Å²) < 4.78 is 16.7. The molecule has 0 aromatic heterocycles. The van der Waals surface area contributed by atoms with Crippen LogP contribution >= 0.6 is 0 Å². The molecule has 57 heavy (non-hydrogen) atoms. The lowest BCUT2D eigenvalue weighted by atomic mass is 10.0. The third kappa shape index (κ3) is 44.3. The van der Waals surface area contributed by atoms with Gasteiger partial charge in [-0.15, -0.1) is 0 Å². The number of hydrogen-bond donors (Lipinski definition) is 0. The van der Waals surface area contributed by atoms with Crippen molar-refractivity contribution < 1.29 is 28.6 Å². The summed E-state index contributed by atoms with van der Waals surface area (Å²) in [6.07, 6.45) is 53.7. The van der Waals surface area contributed by atoms with Gasteiger partial charge in [0.25, 0.3) is 0 Å². The fourth-order valence-corrected chi connectivity index (χ4v) is 6.81. The monoisotopic (exact) mass is 799 g/mol. The highest BCUT2D eigenvalue weighted by Crippen LogP contribution is 2.15. The van der Waals surface area contributed by atoms with Crippen LogP contribution < -0.4 is 0 Å². The van der Waals surface area contributed by atoms with Gasteiger partial charge in [0.15, 0.2) is 6.10 Å². The van der Waals surface area contributed by atoms with E-state index in [2.05, 4.69) is 51.2 Å². The van der Waals surface area contributed by atoms with E-state index in [1.165, 1.54) is 116 Å². The minimum atomic E-state index is -0.776. The number of ether oxygens (including phenoxy) is 3. The van der Waals surface area contributed by atoms with Gasteiger partial charge >= 0.3 is 17.9 Å².